The Morgan fingerprint density at radius 1 is 1.04 bits per heavy atom. The molecule has 2 N–H and O–H groups in total. The van der Waals surface area contributed by atoms with Gasteiger partial charge in [0, 0.05) is 23.0 Å². The lowest BCUT2D eigenvalue weighted by atomic mass is 10.1. The number of nitrogens with one attached hydrogen (secondary N) is 2. The Bertz CT molecular complexity index is 1010. The van der Waals surface area contributed by atoms with Gasteiger partial charge >= 0.3 is 0 Å². The fourth-order valence-corrected chi connectivity index (χ4v) is 2.72. The summed E-state index contributed by atoms with van der Waals surface area (Å²) in [7, 11) is 0. The van der Waals surface area contributed by atoms with Crippen LogP contribution in [0, 0.1) is 5.82 Å². The number of aromatic amines is 1. The van der Waals surface area contributed by atoms with E-state index in [-0.39, 0.29) is 5.02 Å². The Labute approximate surface area is 142 Å². The molecule has 0 bridgehead atoms. The lowest BCUT2D eigenvalue weighted by Gasteiger charge is -2.10. The van der Waals surface area contributed by atoms with E-state index >= 15 is 0 Å². The molecule has 0 radical (unpaired) electrons. The van der Waals surface area contributed by atoms with Gasteiger partial charge in [0.1, 0.15) is 18.0 Å². The molecule has 0 atom stereocenters. The molecule has 0 unspecified atom stereocenters. The van der Waals surface area contributed by atoms with Crippen molar-refractivity contribution in [2.24, 2.45) is 0 Å². The molecule has 6 heteroatoms. The number of nitrogens with zero attached hydrogens (tertiary/aromatic N) is 2. The first-order valence-electron chi connectivity index (χ1n) is 7.31. The van der Waals surface area contributed by atoms with Gasteiger partial charge in [-0.3, -0.25) is 0 Å². The van der Waals surface area contributed by atoms with Crippen LogP contribution in [-0.4, -0.2) is 15.0 Å². The monoisotopic (exact) mass is 338 g/mol. The Hall–Kier alpha value is -2.92. The van der Waals surface area contributed by atoms with Gasteiger partial charge < -0.3 is 10.3 Å². The number of hydrogen-bond acceptors (Lipinski definition) is 3. The first-order valence-corrected chi connectivity index (χ1v) is 7.69. The predicted octanol–water partition coefficient (Wildman–Crippen LogP) is 5.16. The number of halogens is 2. The van der Waals surface area contributed by atoms with E-state index in [0.717, 1.165) is 22.2 Å². The third-order valence-electron chi connectivity index (χ3n) is 3.73. The van der Waals surface area contributed by atoms with Gasteiger partial charge in [0.15, 0.2) is 0 Å². The summed E-state index contributed by atoms with van der Waals surface area (Å²) >= 11 is 5.84. The summed E-state index contributed by atoms with van der Waals surface area (Å²) in [5.41, 5.74) is 3.52. The Kier molecular flexibility index (Phi) is 3.63. The van der Waals surface area contributed by atoms with Crippen LogP contribution in [0.1, 0.15) is 0 Å². The summed E-state index contributed by atoms with van der Waals surface area (Å²) < 4.78 is 13.3. The second-order valence-electron chi connectivity index (χ2n) is 5.29. The minimum atomic E-state index is -0.455. The van der Waals surface area contributed by atoms with Crippen molar-refractivity contribution in [1.82, 2.24) is 15.0 Å². The van der Waals surface area contributed by atoms with Crippen molar-refractivity contribution in [3.05, 3.63) is 71.9 Å². The molecule has 118 valence electrons. The van der Waals surface area contributed by atoms with Crippen LogP contribution in [0.3, 0.4) is 0 Å². The second kappa shape index (κ2) is 5.94. The molecule has 0 aliphatic heterocycles. The van der Waals surface area contributed by atoms with E-state index in [1.807, 2.05) is 36.5 Å². The van der Waals surface area contributed by atoms with E-state index < -0.39 is 5.82 Å². The van der Waals surface area contributed by atoms with E-state index in [9.17, 15) is 4.39 Å². The molecule has 4 aromatic rings. The molecule has 0 aliphatic rings. The summed E-state index contributed by atoms with van der Waals surface area (Å²) in [6.45, 7) is 0. The van der Waals surface area contributed by atoms with Crippen LogP contribution in [0.25, 0.3) is 22.2 Å². The van der Waals surface area contributed by atoms with Gasteiger partial charge in [-0.25, -0.2) is 14.4 Å². The van der Waals surface area contributed by atoms with Crippen molar-refractivity contribution in [1.29, 1.82) is 0 Å². The predicted molar refractivity (Wildman–Crippen MR) is 94.0 cm³/mol. The molecule has 24 heavy (non-hydrogen) atoms. The molecule has 0 spiro atoms. The summed E-state index contributed by atoms with van der Waals surface area (Å²) in [6, 6.07) is 14.4. The van der Waals surface area contributed by atoms with Gasteiger partial charge in [0.25, 0.3) is 0 Å². The fraction of sp³-hybridized carbons (Fsp3) is 0. The quantitative estimate of drug-likeness (QED) is 0.542. The highest BCUT2D eigenvalue weighted by atomic mass is 35.5. The highest BCUT2D eigenvalue weighted by Crippen LogP contribution is 2.29. The molecular weight excluding hydrogens is 327 g/mol. The van der Waals surface area contributed by atoms with Gasteiger partial charge in [0.2, 0.25) is 0 Å². The number of rotatable bonds is 3. The molecule has 2 aromatic carbocycles. The lowest BCUT2D eigenvalue weighted by Crippen LogP contribution is -1.96. The zero-order valence-electron chi connectivity index (χ0n) is 12.4. The maximum absolute atomic E-state index is 13.3. The topological polar surface area (TPSA) is 53.6 Å². The average molecular weight is 339 g/mol. The summed E-state index contributed by atoms with van der Waals surface area (Å²) in [5, 5.41) is 4.10. The van der Waals surface area contributed by atoms with Crippen molar-refractivity contribution >= 4 is 34.0 Å². The fourth-order valence-electron chi connectivity index (χ4n) is 2.54. The Balaban J connectivity index is 1.79. The van der Waals surface area contributed by atoms with Crippen molar-refractivity contribution in [3.63, 3.8) is 0 Å². The molecule has 2 heterocycles. The van der Waals surface area contributed by atoms with Crippen LogP contribution in [0.5, 0.6) is 0 Å². The normalized spacial score (nSPS) is 10.9. The molecule has 2 aromatic heterocycles. The van der Waals surface area contributed by atoms with Crippen LogP contribution in [0.15, 0.2) is 61.1 Å². The van der Waals surface area contributed by atoms with Gasteiger partial charge in [0.05, 0.1) is 10.5 Å². The molecule has 0 fully saturated rings. The summed E-state index contributed by atoms with van der Waals surface area (Å²) in [6.07, 6.45) is 3.37. The smallest absolute Gasteiger partial charge is 0.141 e. The average Bonchev–Trinajstić information content (AvgIpc) is 3.13. The minimum absolute atomic E-state index is 0.0606. The molecular formula is C18H12ClFN4. The van der Waals surface area contributed by atoms with E-state index in [1.165, 1.54) is 18.5 Å². The van der Waals surface area contributed by atoms with Crippen LogP contribution in [0.4, 0.5) is 15.9 Å². The maximum atomic E-state index is 13.3. The van der Waals surface area contributed by atoms with Crippen LogP contribution in [0.2, 0.25) is 5.02 Å². The van der Waals surface area contributed by atoms with E-state index in [0.29, 0.717) is 11.5 Å². The van der Waals surface area contributed by atoms with Crippen molar-refractivity contribution < 1.29 is 4.39 Å². The molecule has 0 saturated heterocycles. The van der Waals surface area contributed by atoms with E-state index in [2.05, 4.69) is 20.3 Å². The number of aromatic nitrogens is 3. The lowest BCUT2D eigenvalue weighted by molar-refractivity contribution is 0.628. The highest BCUT2D eigenvalue weighted by Gasteiger charge is 2.08. The molecule has 0 aliphatic carbocycles. The Morgan fingerprint density at radius 2 is 1.96 bits per heavy atom. The minimum Gasteiger partial charge on any atom is -0.361 e. The van der Waals surface area contributed by atoms with Gasteiger partial charge in [-0.1, -0.05) is 17.7 Å². The van der Waals surface area contributed by atoms with E-state index in [4.69, 9.17) is 11.6 Å². The number of anilines is 2. The maximum Gasteiger partial charge on any atom is 0.141 e. The SMILES string of the molecule is Fc1ccc(Nc2ncnc3ccc(-c4ccc[nH]4)cc23)cc1Cl. The highest BCUT2D eigenvalue weighted by molar-refractivity contribution is 6.31. The molecule has 4 rings (SSSR count). The van der Waals surface area contributed by atoms with E-state index in [1.54, 1.807) is 6.07 Å². The number of hydrogen-bond donors (Lipinski definition) is 2. The zero-order valence-corrected chi connectivity index (χ0v) is 13.2. The summed E-state index contributed by atoms with van der Waals surface area (Å²) in [4.78, 5) is 11.8. The first kappa shape index (κ1) is 14.7. The van der Waals surface area contributed by atoms with Crippen molar-refractivity contribution in [3.8, 4) is 11.3 Å². The largest absolute Gasteiger partial charge is 0.361 e. The van der Waals surface area contributed by atoms with Gasteiger partial charge in [-0.05, 0) is 48.0 Å². The number of fused-ring (bicyclic) bond motifs is 1. The zero-order chi connectivity index (χ0) is 16.5. The molecule has 0 amide bonds. The number of benzene rings is 2. The molecule has 0 saturated carbocycles. The third kappa shape index (κ3) is 2.70. The van der Waals surface area contributed by atoms with Gasteiger partial charge in [-0.2, -0.15) is 0 Å². The van der Waals surface area contributed by atoms with Crippen molar-refractivity contribution in [2.45, 2.75) is 0 Å². The van der Waals surface area contributed by atoms with Crippen molar-refractivity contribution in [2.75, 3.05) is 5.32 Å². The standard InChI is InChI=1S/C18H12ClFN4/c19-14-9-12(4-5-15(14)20)24-18-13-8-11(16-2-1-7-21-16)3-6-17(13)22-10-23-18/h1-10,21H,(H,22,23,24). The van der Waals surface area contributed by atoms with Crippen LogP contribution in [-0.2, 0) is 0 Å². The Morgan fingerprint density at radius 3 is 2.75 bits per heavy atom. The molecule has 4 nitrogen and oxygen atoms in total. The summed E-state index contributed by atoms with van der Waals surface area (Å²) in [5.74, 6) is 0.180. The van der Waals surface area contributed by atoms with Crippen LogP contribution < -0.4 is 5.32 Å². The van der Waals surface area contributed by atoms with Gasteiger partial charge in [-0.15, -0.1) is 0 Å². The number of H-pyrrole nitrogens is 1. The second-order valence-corrected chi connectivity index (χ2v) is 5.70. The third-order valence-corrected chi connectivity index (χ3v) is 4.02. The van der Waals surface area contributed by atoms with Crippen LogP contribution >= 0.6 is 11.6 Å². The first-order chi connectivity index (χ1) is 11.7.